The summed E-state index contributed by atoms with van der Waals surface area (Å²) >= 11 is 0. The van der Waals surface area contributed by atoms with E-state index >= 15 is 0 Å². The second-order valence-electron chi connectivity index (χ2n) is 5.45. The van der Waals surface area contributed by atoms with Gasteiger partial charge in [0.2, 0.25) is 0 Å². The highest BCUT2D eigenvalue weighted by Crippen LogP contribution is 2.18. The zero-order chi connectivity index (χ0) is 14.9. The van der Waals surface area contributed by atoms with Crippen molar-refractivity contribution in [2.75, 3.05) is 26.7 Å². The summed E-state index contributed by atoms with van der Waals surface area (Å²) in [6, 6.07) is 21.9. The zero-order valence-corrected chi connectivity index (χ0v) is 13.1. The number of hydrogen-bond acceptors (Lipinski definition) is 2. The first-order valence-corrected chi connectivity index (χ1v) is 7.81. The summed E-state index contributed by atoms with van der Waals surface area (Å²) in [7, 11) is 2.22. The third-order valence-electron chi connectivity index (χ3n) is 3.90. The first-order chi connectivity index (χ1) is 10.3. The van der Waals surface area contributed by atoms with E-state index in [1.54, 1.807) is 0 Å². The summed E-state index contributed by atoms with van der Waals surface area (Å²) in [5.74, 6) is 0. The number of likely N-dealkylation sites (N-methyl/N-ethyl adjacent to an activating group) is 2. The molecule has 2 aromatic rings. The molecule has 2 rings (SSSR count). The predicted octanol–water partition coefficient (Wildman–Crippen LogP) is 3.51. The fourth-order valence-electron chi connectivity index (χ4n) is 2.59. The van der Waals surface area contributed by atoms with Gasteiger partial charge in [0.15, 0.2) is 0 Å². The molecule has 1 N–H and O–H groups in total. The van der Waals surface area contributed by atoms with Gasteiger partial charge in [0.05, 0.1) is 0 Å². The van der Waals surface area contributed by atoms with Gasteiger partial charge >= 0.3 is 0 Å². The summed E-state index contributed by atoms with van der Waals surface area (Å²) in [5.41, 5.74) is 2.79. The van der Waals surface area contributed by atoms with Gasteiger partial charge in [0.25, 0.3) is 0 Å². The maximum absolute atomic E-state index is 3.48. The van der Waals surface area contributed by atoms with Gasteiger partial charge in [-0.05, 0) is 31.1 Å². The summed E-state index contributed by atoms with van der Waals surface area (Å²) in [4.78, 5) is 2.45. The van der Waals surface area contributed by atoms with Gasteiger partial charge in [-0.2, -0.15) is 0 Å². The van der Waals surface area contributed by atoms with Crippen LogP contribution in [-0.4, -0.2) is 31.6 Å². The third-order valence-corrected chi connectivity index (χ3v) is 3.90. The van der Waals surface area contributed by atoms with E-state index < -0.39 is 0 Å². The van der Waals surface area contributed by atoms with E-state index in [9.17, 15) is 0 Å². The molecule has 0 spiro atoms. The van der Waals surface area contributed by atoms with Crippen LogP contribution in [-0.2, 0) is 6.42 Å². The summed E-state index contributed by atoms with van der Waals surface area (Å²) in [5, 5.41) is 3.48. The van der Waals surface area contributed by atoms with Crippen LogP contribution < -0.4 is 5.32 Å². The lowest BCUT2D eigenvalue weighted by Crippen LogP contribution is -2.34. The summed E-state index contributed by atoms with van der Waals surface area (Å²) < 4.78 is 0. The van der Waals surface area contributed by atoms with Crippen molar-refractivity contribution >= 4 is 0 Å². The molecule has 0 aliphatic carbocycles. The maximum Gasteiger partial charge on any atom is 0.0469 e. The van der Waals surface area contributed by atoms with E-state index in [0.29, 0.717) is 6.04 Å². The zero-order valence-electron chi connectivity index (χ0n) is 13.1. The average molecular weight is 282 g/mol. The Balaban J connectivity index is 1.99. The van der Waals surface area contributed by atoms with Crippen LogP contribution in [0.5, 0.6) is 0 Å². The average Bonchev–Trinajstić information content (AvgIpc) is 2.55. The molecule has 0 aromatic heterocycles. The van der Waals surface area contributed by atoms with Crippen molar-refractivity contribution < 1.29 is 0 Å². The SMILES string of the molecule is CCNCC(c1ccccc1)N(C)CCc1ccccc1. The Kier molecular flexibility index (Phi) is 6.45. The van der Waals surface area contributed by atoms with Crippen molar-refractivity contribution in [2.24, 2.45) is 0 Å². The molecule has 21 heavy (non-hydrogen) atoms. The predicted molar refractivity (Wildman–Crippen MR) is 90.5 cm³/mol. The molecule has 2 aromatic carbocycles. The van der Waals surface area contributed by atoms with Crippen LogP contribution >= 0.6 is 0 Å². The normalized spacial score (nSPS) is 12.5. The molecule has 0 fully saturated rings. The fraction of sp³-hybridized carbons (Fsp3) is 0.368. The van der Waals surface area contributed by atoms with E-state index in [2.05, 4.69) is 84.9 Å². The lowest BCUT2D eigenvalue weighted by Gasteiger charge is -2.29. The van der Waals surface area contributed by atoms with Crippen molar-refractivity contribution in [3.63, 3.8) is 0 Å². The van der Waals surface area contributed by atoms with Crippen molar-refractivity contribution in [2.45, 2.75) is 19.4 Å². The van der Waals surface area contributed by atoms with Crippen molar-refractivity contribution in [3.8, 4) is 0 Å². The molecule has 0 saturated carbocycles. The minimum absolute atomic E-state index is 0.426. The highest BCUT2D eigenvalue weighted by Gasteiger charge is 2.15. The third kappa shape index (κ3) is 5.00. The van der Waals surface area contributed by atoms with Gasteiger partial charge in [-0.25, -0.2) is 0 Å². The quantitative estimate of drug-likeness (QED) is 0.797. The van der Waals surface area contributed by atoms with Crippen molar-refractivity contribution in [3.05, 3.63) is 71.8 Å². The first-order valence-electron chi connectivity index (χ1n) is 7.81. The van der Waals surface area contributed by atoms with E-state index in [0.717, 1.165) is 26.1 Å². The van der Waals surface area contributed by atoms with Gasteiger partial charge in [0.1, 0.15) is 0 Å². The number of benzene rings is 2. The highest BCUT2D eigenvalue weighted by molar-refractivity contribution is 5.20. The number of hydrogen-bond donors (Lipinski definition) is 1. The highest BCUT2D eigenvalue weighted by atomic mass is 15.1. The molecule has 0 heterocycles. The van der Waals surface area contributed by atoms with Gasteiger partial charge < -0.3 is 5.32 Å². The molecule has 0 aliphatic rings. The molecule has 0 saturated heterocycles. The molecular formula is C19H26N2. The van der Waals surface area contributed by atoms with Crippen molar-refractivity contribution in [1.82, 2.24) is 10.2 Å². The molecule has 0 bridgehead atoms. The second-order valence-corrected chi connectivity index (χ2v) is 5.45. The van der Waals surface area contributed by atoms with Crippen LogP contribution in [0.4, 0.5) is 0 Å². The topological polar surface area (TPSA) is 15.3 Å². The van der Waals surface area contributed by atoms with Gasteiger partial charge in [-0.1, -0.05) is 67.6 Å². The summed E-state index contributed by atoms with van der Waals surface area (Å²) in [6.45, 7) is 5.22. The van der Waals surface area contributed by atoms with Crippen LogP contribution in [0.2, 0.25) is 0 Å². The molecule has 1 unspecified atom stereocenters. The van der Waals surface area contributed by atoms with E-state index in [1.165, 1.54) is 11.1 Å². The minimum Gasteiger partial charge on any atom is -0.315 e. The maximum atomic E-state index is 3.48. The van der Waals surface area contributed by atoms with Crippen molar-refractivity contribution in [1.29, 1.82) is 0 Å². The van der Waals surface area contributed by atoms with E-state index in [-0.39, 0.29) is 0 Å². The van der Waals surface area contributed by atoms with Gasteiger partial charge in [-0.15, -0.1) is 0 Å². The number of rotatable bonds is 8. The van der Waals surface area contributed by atoms with Crippen LogP contribution in [0.1, 0.15) is 24.1 Å². The Morgan fingerprint density at radius 2 is 1.57 bits per heavy atom. The molecule has 0 radical (unpaired) electrons. The largest absolute Gasteiger partial charge is 0.315 e. The monoisotopic (exact) mass is 282 g/mol. The fourth-order valence-corrected chi connectivity index (χ4v) is 2.59. The number of nitrogens with one attached hydrogen (secondary N) is 1. The molecular weight excluding hydrogens is 256 g/mol. The minimum atomic E-state index is 0.426. The van der Waals surface area contributed by atoms with E-state index in [1.807, 2.05) is 0 Å². The smallest absolute Gasteiger partial charge is 0.0469 e. The molecule has 0 aliphatic heterocycles. The second kappa shape index (κ2) is 8.60. The van der Waals surface area contributed by atoms with E-state index in [4.69, 9.17) is 0 Å². The Bertz CT molecular complexity index is 495. The molecule has 2 nitrogen and oxygen atoms in total. The Morgan fingerprint density at radius 1 is 0.952 bits per heavy atom. The lowest BCUT2D eigenvalue weighted by atomic mass is 10.0. The summed E-state index contributed by atoms with van der Waals surface area (Å²) in [6.07, 6.45) is 1.09. The van der Waals surface area contributed by atoms with Crippen LogP contribution in [0.25, 0.3) is 0 Å². The number of nitrogens with zero attached hydrogens (tertiary/aromatic N) is 1. The van der Waals surface area contributed by atoms with Gasteiger partial charge in [-0.3, -0.25) is 4.90 Å². The Hall–Kier alpha value is -1.64. The van der Waals surface area contributed by atoms with Gasteiger partial charge in [0, 0.05) is 19.1 Å². The molecule has 112 valence electrons. The standard InChI is InChI=1S/C19H26N2/c1-3-20-16-19(18-12-8-5-9-13-18)21(2)15-14-17-10-6-4-7-11-17/h4-13,19-20H,3,14-16H2,1-2H3. The first kappa shape index (κ1) is 15.7. The Morgan fingerprint density at radius 3 is 2.19 bits per heavy atom. The molecule has 2 heteroatoms. The van der Waals surface area contributed by atoms with Crippen LogP contribution in [0.3, 0.4) is 0 Å². The van der Waals surface area contributed by atoms with Crippen LogP contribution in [0.15, 0.2) is 60.7 Å². The molecule has 1 atom stereocenters. The van der Waals surface area contributed by atoms with Crippen LogP contribution in [0, 0.1) is 0 Å². The Labute approximate surface area is 128 Å². The molecule has 0 amide bonds. The lowest BCUT2D eigenvalue weighted by molar-refractivity contribution is 0.242.